The van der Waals surface area contributed by atoms with Gasteiger partial charge in [-0.15, -0.1) is 0 Å². The fourth-order valence-corrected chi connectivity index (χ4v) is 4.10. The van der Waals surface area contributed by atoms with Crippen LogP contribution in [0.3, 0.4) is 0 Å². The Bertz CT molecular complexity index is 1170. The maximum Gasteiger partial charge on any atom is 0.274 e. The van der Waals surface area contributed by atoms with Crippen molar-refractivity contribution >= 4 is 16.8 Å². The van der Waals surface area contributed by atoms with Gasteiger partial charge in [-0.3, -0.25) is 14.9 Å². The number of carbonyl (C=O) groups is 1. The number of para-hydroxylation sites is 1. The summed E-state index contributed by atoms with van der Waals surface area (Å²) in [4.78, 5) is 28.3. The minimum absolute atomic E-state index is 0.00473. The number of rotatable bonds is 4. The molecule has 1 aliphatic rings. The van der Waals surface area contributed by atoms with E-state index in [1.54, 1.807) is 12.4 Å². The van der Waals surface area contributed by atoms with E-state index < -0.39 is 0 Å². The number of benzene rings is 1. The van der Waals surface area contributed by atoms with Crippen molar-refractivity contribution in [3.63, 3.8) is 0 Å². The van der Waals surface area contributed by atoms with E-state index in [-0.39, 0.29) is 5.91 Å². The highest BCUT2D eigenvalue weighted by Crippen LogP contribution is 2.24. The number of likely N-dealkylation sites (tertiary alicyclic amines) is 1. The van der Waals surface area contributed by atoms with Gasteiger partial charge in [-0.1, -0.05) is 18.2 Å². The van der Waals surface area contributed by atoms with Crippen LogP contribution in [0, 0.1) is 5.92 Å². The Hall–Kier alpha value is -3.55. The molecule has 152 valence electrons. The summed E-state index contributed by atoms with van der Waals surface area (Å²) >= 11 is 0. The summed E-state index contributed by atoms with van der Waals surface area (Å²) in [6.45, 7) is 1.48. The van der Waals surface area contributed by atoms with Crippen LogP contribution >= 0.6 is 0 Å². The van der Waals surface area contributed by atoms with Gasteiger partial charge in [0.2, 0.25) is 0 Å². The lowest BCUT2D eigenvalue weighted by Crippen LogP contribution is -2.39. The third kappa shape index (κ3) is 3.45. The summed E-state index contributed by atoms with van der Waals surface area (Å²) in [5.74, 6) is 1.31. The van der Waals surface area contributed by atoms with Gasteiger partial charge >= 0.3 is 0 Å². The topological polar surface area (TPSA) is 92.6 Å². The Morgan fingerprint density at radius 2 is 1.97 bits per heavy atom. The molecule has 1 amide bonds. The first-order chi connectivity index (χ1) is 14.7. The first-order valence-electron chi connectivity index (χ1n) is 10.2. The standard InChI is InChI=1S/C22H23N7O/c1-28-11-8-23-21(28)19-14-24-16(13-25-19)12-15-6-9-29(10-7-15)22(30)20-17-4-2-3-5-18(17)26-27-20/h2-5,8,11,13-15H,6-7,9-10,12H2,1H3,(H,26,27). The molecule has 8 nitrogen and oxygen atoms in total. The van der Waals surface area contributed by atoms with E-state index in [1.165, 1.54) is 0 Å². The zero-order valence-electron chi connectivity index (χ0n) is 16.8. The fourth-order valence-electron chi connectivity index (χ4n) is 4.10. The summed E-state index contributed by atoms with van der Waals surface area (Å²) in [5.41, 5.74) is 3.16. The molecular formula is C22H23N7O. The van der Waals surface area contributed by atoms with Crippen molar-refractivity contribution in [2.24, 2.45) is 13.0 Å². The van der Waals surface area contributed by atoms with Gasteiger partial charge in [0.1, 0.15) is 5.69 Å². The molecule has 0 atom stereocenters. The van der Waals surface area contributed by atoms with Gasteiger partial charge in [-0.2, -0.15) is 5.10 Å². The van der Waals surface area contributed by atoms with Gasteiger partial charge in [-0.05, 0) is 31.2 Å². The molecule has 0 unspecified atom stereocenters. The third-order valence-corrected chi connectivity index (χ3v) is 5.83. The van der Waals surface area contributed by atoms with E-state index in [0.29, 0.717) is 11.6 Å². The van der Waals surface area contributed by atoms with Crippen LogP contribution in [0.2, 0.25) is 0 Å². The summed E-state index contributed by atoms with van der Waals surface area (Å²) in [5, 5.41) is 8.08. The van der Waals surface area contributed by atoms with Crippen molar-refractivity contribution in [1.29, 1.82) is 0 Å². The quantitative estimate of drug-likeness (QED) is 0.568. The minimum atomic E-state index is 0.00473. The van der Waals surface area contributed by atoms with Crippen LogP contribution in [0.15, 0.2) is 49.1 Å². The number of hydrogen-bond acceptors (Lipinski definition) is 5. The molecule has 1 saturated heterocycles. The van der Waals surface area contributed by atoms with E-state index in [1.807, 2.05) is 53.2 Å². The largest absolute Gasteiger partial charge is 0.337 e. The van der Waals surface area contributed by atoms with Crippen molar-refractivity contribution in [3.8, 4) is 11.5 Å². The molecule has 0 aliphatic carbocycles. The second kappa shape index (κ2) is 7.70. The smallest absolute Gasteiger partial charge is 0.274 e. The highest BCUT2D eigenvalue weighted by molar-refractivity contribution is 6.04. The predicted octanol–water partition coefficient (Wildman–Crippen LogP) is 2.85. The molecule has 30 heavy (non-hydrogen) atoms. The van der Waals surface area contributed by atoms with Gasteiger partial charge in [0, 0.05) is 44.1 Å². The molecule has 0 spiro atoms. The molecule has 0 saturated carbocycles. The number of H-pyrrole nitrogens is 1. The second-order valence-electron chi connectivity index (χ2n) is 7.81. The molecular weight excluding hydrogens is 378 g/mol. The average Bonchev–Trinajstić information content (AvgIpc) is 3.41. The molecule has 1 aromatic carbocycles. The van der Waals surface area contributed by atoms with Gasteiger partial charge in [0.05, 0.1) is 17.4 Å². The number of fused-ring (bicyclic) bond motifs is 1. The molecule has 1 fully saturated rings. The number of hydrogen-bond donors (Lipinski definition) is 1. The van der Waals surface area contributed by atoms with E-state index in [0.717, 1.165) is 60.5 Å². The van der Waals surface area contributed by atoms with Crippen molar-refractivity contribution < 1.29 is 4.79 Å². The van der Waals surface area contributed by atoms with E-state index in [9.17, 15) is 4.79 Å². The molecule has 0 radical (unpaired) electrons. The molecule has 4 heterocycles. The lowest BCUT2D eigenvalue weighted by atomic mass is 9.92. The minimum Gasteiger partial charge on any atom is -0.337 e. The van der Waals surface area contributed by atoms with Crippen molar-refractivity contribution in [1.82, 2.24) is 34.6 Å². The van der Waals surface area contributed by atoms with E-state index in [4.69, 9.17) is 0 Å². The number of piperidine rings is 1. The first-order valence-corrected chi connectivity index (χ1v) is 10.2. The van der Waals surface area contributed by atoms with Crippen molar-refractivity contribution in [3.05, 3.63) is 60.4 Å². The number of nitrogens with zero attached hydrogens (tertiary/aromatic N) is 6. The van der Waals surface area contributed by atoms with Crippen LogP contribution in [-0.2, 0) is 13.5 Å². The summed E-state index contributed by atoms with van der Waals surface area (Å²) < 4.78 is 1.93. The number of amides is 1. The molecule has 1 aliphatic heterocycles. The monoisotopic (exact) mass is 401 g/mol. The zero-order valence-corrected chi connectivity index (χ0v) is 16.8. The number of aromatic nitrogens is 6. The highest BCUT2D eigenvalue weighted by Gasteiger charge is 2.26. The molecule has 0 bridgehead atoms. The first kappa shape index (κ1) is 18.5. The van der Waals surface area contributed by atoms with E-state index >= 15 is 0 Å². The predicted molar refractivity (Wildman–Crippen MR) is 113 cm³/mol. The maximum atomic E-state index is 12.9. The lowest BCUT2D eigenvalue weighted by molar-refractivity contribution is 0.0686. The number of carbonyl (C=O) groups excluding carboxylic acids is 1. The van der Waals surface area contributed by atoms with Gasteiger partial charge in [-0.25, -0.2) is 9.97 Å². The Balaban J connectivity index is 1.20. The third-order valence-electron chi connectivity index (χ3n) is 5.83. The Morgan fingerprint density at radius 1 is 1.13 bits per heavy atom. The van der Waals surface area contributed by atoms with Crippen molar-refractivity contribution in [2.45, 2.75) is 19.3 Å². The Kier molecular flexibility index (Phi) is 4.74. The molecule has 5 rings (SSSR count). The lowest BCUT2D eigenvalue weighted by Gasteiger charge is -2.31. The van der Waals surface area contributed by atoms with Crippen LogP contribution in [0.1, 0.15) is 29.0 Å². The summed E-state index contributed by atoms with van der Waals surface area (Å²) in [7, 11) is 1.94. The SMILES string of the molecule is Cn1ccnc1-c1cnc(CC2CCN(C(=O)c3n[nH]c4ccccc34)CC2)cn1. The number of aromatic amines is 1. The van der Waals surface area contributed by atoms with Gasteiger partial charge in [0.25, 0.3) is 5.91 Å². The molecule has 3 aromatic heterocycles. The number of nitrogens with one attached hydrogen (secondary N) is 1. The second-order valence-corrected chi connectivity index (χ2v) is 7.81. The van der Waals surface area contributed by atoms with Crippen molar-refractivity contribution in [2.75, 3.05) is 13.1 Å². The maximum absolute atomic E-state index is 12.9. The van der Waals surface area contributed by atoms with Gasteiger partial charge < -0.3 is 9.47 Å². The van der Waals surface area contributed by atoms with Crippen LogP contribution in [0.5, 0.6) is 0 Å². The zero-order chi connectivity index (χ0) is 20.5. The summed E-state index contributed by atoms with van der Waals surface area (Å²) in [6.07, 6.45) is 10.1. The van der Waals surface area contributed by atoms with Gasteiger partial charge in [0.15, 0.2) is 11.5 Å². The van der Waals surface area contributed by atoms with Crippen LogP contribution in [0.25, 0.3) is 22.4 Å². The van der Waals surface area contributed by atoms with Crippen LogP contribution in [0.4, 0.5) is 0 Å². The fraction of sp³-hybridized carbons (Fsp3) is 0.318. The average molecular weight is 401 g/mol. The number of aryl methyl sites for hydroxylation is 1. The molecule has 4 aromatic rings. The Labute approximate surface area is 174 Å². The Morgan fingerprint density at radius 3 is 2.70 bits per heavy atom. The number of imidazole rings is 1. The molecule has 1 N–H and O–H groups in total. The normalized spacial score (nSPS) is 15.0. The van der Waals surface area contributed by atoms with Crippen LogP contribution in [-0.4, -0.2) is 53.6 Å². The van der Waals surface area contributed by atoms with Crippen LogP contribution < -0.4 is 0 Å². The molecule has 8 heteroatoms. The summed E-state index contributed by atoms with van der Waals surface area (Å²) in [6, 6.07) is 7.74. The highest BCUT2D eigenvalue weighted by atomic mass is 16.2. The van der Waals surface area contributed by atoms with E-state index in [2.05, 4.69) is 25.1 Å².